The van der Waals surface area contributed by atoms with Gasteiger partial charge in [0.25, 0.3) is 0 Å². The van der Waals surface area contributed by atoms with Gasteiger partial charge >= 0.3 is 0 Å². The average molecular weight is 419 g/mol. The zero-order chi connectivity index (χ0) is 19.0. The van der Waals surface area contributed by atoms with Crippen molar-refractivity contribution in [3.8, 4) is 11.3 Å². The molecule has 0 saturated heterocycles. The van der Waals surface area contributed by atoms with E-state index in [1.165, 1.54) is 23.5 Å². The molecule has 2 heterocycles. The highest BCUT2D eigenvalue weighted by Gasteiger charge is 2.20. The Morgan fingerprint density at radius 1 is 1.11 bits per heavy atom. The zero-order valence-corrected chi connectivity index (χ0v) is 16.6. The number of fused-ring (bicyclic) bond motifs is 1. The molecule has 0 amide bonds. The van der Waals surface area contributed by atoms with Crippen molar-refractivity contribution in [2.45, 2.75) is 18.4 Å². The molecule has 0 aliphatic rings. The predicted octanol–water partition coefficient (Wildman–Crippen LogP) is 3.90. The van der Waals surface area contributed by atoms with Gasteiger partial charge in [-0.25, -0.2) is 22.6 Å². The van der Waals surface area contributed by atoms with Crippen LogP contribution in [0.15, 0.2) is 59.5 Å². The summed E-state index contributed by atoms with van der Waals surface area (Å²) in [6.07, 6.45) is 0. The first-order chi connectivity index (χ1) is 12.9. The van der Waals surface area contributed by atoms with Gasteiger partial charge in [-0.05, 0) is 31.2 Å². The summed E-state index contributed by atoms with van der Waals surface area (Å²) in [6, 6.07) is 15.7. The van der Waals surface area contributed by atoms with Gasteiger partial charge in [-0.3, -0.25) is 0 Å². The first kappa shape index (κ1) is 18.1. The van der Waals surface area contributed by atoms with Crippen molar-refractivity contribution in [1.29, 1.82) is 0 Å². The van der Waals surface area contributed by atoms with Crippen LogP contribution < -0.4 is 4.72 Å². The van der Waals surface area contributed by atoms with Crippen LogP contribution in [0.2, 0.25) is 5.02 Å². The second-order valence-corrected chi connectivity index (χ2v) is 9.23. The molecule has 2 aromatic carbocycles. The number of nitrogens with zero attached hydrogens (tertiary/aromatic N) is 3. The van der Waals surface area contributed by atoms with E-state index in [1.54, 1.807) is 16.6 Å². The standard InChI is InChI=1S/C18H15ClN4O2S2/c1-12-22-23-16(11-20-27(24,25)15-9-7-14(19)8-10-15)17(21-18(23)26-12)13-5-3-2-4-6-13/h2-10,20H,11H2,1H3. The molecule has 0 unspecified atom stereocenters. The second-order valence-electron chi connectivity index (χ2n) is 5.87. The molecular formula is C18H15ClN4O2S2. The van der Waals surface area contributed by atoms with Gasteiger partial charge < -0.3 is 0 Å². The monoisotopic (exact) mass is 418 g/mol. The van der Waals surface area contributed by atoms with Gasteiger partial charge in [0.15, 0.2) is 0 Å². The number of aromatic nitrogens is 3. The molecule has 9 heteroatoms. The van der Waals surface area contributed by atoms with Gasteiger partial charge in [-0.2, -0.15) is 5.10 Å². The maximum absolute atomic E-state index is 12.6. The van der Waals surface area contributed by atoms with E-state index in [0.717, 1.165) is 15.5 Å². The predicted molar refractivity (Wildman–Crippen MR) is 107 cm³/mol. The Labute approximate surface area is 165 Å². The fourth-order valence-electron chi connectivity index (χ4n) is 2.73. The van der Waals surface area contributed by atoms with Gasteiger partial charge in [0.05, 0.1) is 22.8 Å². The molecule has 0 atom stereocenters. The largest absolute Gasteiger partial charge is 0.240 e. The number of imidazole rings is 1. The topological polar surface area (TPSA) is 76.4 Å². The quantitative estimate of drug-likeness (QED) is 0.533. The van der Waals surface area contributed by atoms with Gasteiger partial charge in [0, 0.05) is 10.6 Å². The summed E-state index contributed by atoms with van der Waals surface area (Å²) < 4.78 is 29.6. The van der Waals surface area contributed by atoms with Crippen molar-refractivity contribution >= 4 is 37.9 Å². The molecule has 2 aromatic heterocycles. The number of hydrogen-bond acceptors (Lipinski definition) is 5. The summed E-state index contributed by atoms with van der Waals surface area (Å²) >= 11 is 7.30. The van der Waals surface area contributed by atoms with E-state index in [4.69, 9.17) is 11.6 Å². The minimum absolute atomic E-state index is 0.0690. The zero-order valence-electron chi connectivity index (χ0n) is 14.3. The summed E-state index contributed by atoms with van der Waals surface area (Å²) in [5.41, 5.74) is 2.32. The lowest BCUT2D eigenvalue weighted by Crippen LogP contribution is -2.24. The van der Waals surface area contributed by atoms with E-state index < -0.39 is 10.0 Å². The van der Waals surface area contributed by atoms with Crippen LogP contribution in [0.4, 0.5) is 0 Å². The minimum Gasteiger partial charge on any atom is -0.217 e. The van der Waals surface area contributed by atoms with Crippen molar-refractivity contribution < 1.29 is 8.42 Å². The fourth-order valence-corrected chi connectivity index (χ4v) is 4.61. The lowest BCUT2D eigenvalue weighted by Gasteiger charge is -2.08. The molecule has 4 rings (SSSR count). The van der Waals surface area contributed by atoms with Crippen molar-refractivity contribution in [2.24, 2.45) is 0 Å². The molecule has 1 N–H and O–H groups in total. The lowest BCUT2D eigenvalue weighted by molar-refractivity contribution is 0.579. The lowest BCUT2D eigenvalue weighted by atomic mass is 10.1. The Balaban J connectivity index is 1.71. The highest BCUT2D eigenvalue weighted by molar-refractivity contribution is 7.89. The van der Waals surface area contributed by atoms with Crippen LogP contribution in [0.1, 0.15) is 10.7 Å². The van der Waals surface area contributed by atoms with E-state index >= 15 is 0 Å². The Morgan fingerprint density at radius 3 is 2.52 bits per heavy atom. The van der Waals surface area contributed by atoms with E-state index in [1.807, 2.05) is 37.3 Å². The number of benzene rings is 2. The van der Waals surface area contributed by atoms with Crippen LogP contribution in [-0.4, -0.2) is 23.0 Å². The Hall–Kier alpha value is -2.26. The Morgan fingerprint density at radius 2 is 1.81 bits per heavy atom. The normalized spacial score (nSPS) is 11.9. The molecule has 0 aliphatic carbocycles. The SMILES string of the molecule is Cc1nn2c(CNS(=O)(=O)c3ccc(Cl)cc3)c(-c3ccccc3)nc2s1. The molecule has 4 aromatic rings. The van der Waals surface area contributed by atoms with Crippen molar-refractivity contribution in [1.82, 2.24) is 19.3 Å². The molecular weight excluding hydrogens is 404 g/mol. The number of aryl methyl sites for hydroxylation is 1. The molecule has 0 spiro atoms. The highest BCUT2D eigenvalue weighted by Crippen LogP contribution is 2.27. The molecule has 0 bridgehead atoms. The summed E-state index contributed by atoms with van der Waals surface area (Å²) in [6.45, 7) is 1.96. The maximum Gasteiger partial charge on any atom is 0.240 e. The van der Waals surface area contributed by atoms with Crippen LogP contribution in [0.25, 0.3) is 16.2 Å². The molecule has 6 nitrogen and oxygen atoms in total. The number of nitrogens with one attached hydrogen (secondary N) is 1. The highest BCUT2D eigenvalue weighted by atomic mass is 35.5. The van der Waals surface area contributed by atoms with Gasteiger partial charge in [0.1, 0.15) is 5.01 Å². The van der Waals surface area contributed by atoms with E-state index in [2.05, 4.69) is 14.8 Å². The number of sulfonamides is 1. The number of halogens is 1. The third-order valence-electron chi connectivity index (χ3n) is 4.00. The molecule has 0 fully saturated rings. The smallest absolute Gasteiger partial charge is 0.217 e. The van der Waals surface area contributed by atoms with Crippen LogP contribution in [0.3, 0.4) is 0 Å². The summed E-state index contributed by atoms with van der Waals surface area (Å²) in [4.78, 5) is 5.54. The van der Waals surface area contributed by atoms with Crippen LogP contribution in [0.5, 0.6) is 0 Å². The average Bonchev–Trinajstić information content (AvgIpc) is 3.17. The first-order valence-corrected chi connectivity index (χ1v) is 10.8. The molecule has 138 valence electrons. The fraction of sp³-hybridized carbons (Fsp3) is 0.111. The Bertz CT molecular complexity index is 1200. The van der Waals surface area contributed by atoms with Crippen molar-refractivity contribution in [3.05, 3.63) is 70.3 Å². The summed E-state index contributed by atoms with van der Waals surface area (Å²) in [7, 11) is -3.69. The molecule has 0 radical (unpaired) electrons. The van der Waals surface area contributed by atoms with Gasteiger partial charge in [-0.15, -0.1) is 0 Å². The van der Waals surface area contributed by atoms with Gasteiger partial charge in [-0.1, -0.05) is 53.3 Å². The van der Waals surface area contributed by atoms with Crippen LogP contribution in [-0.2, 0) is 16.6 Å². The third-order valence-corrected chi connectivity index (χ3v) is 6.49. The summed E-state index contributed by atoms with van der Waals surface area (Å²) in [5.74, 6) is 0. The number of hydrogen-bond donors (Lipinski definition) is 1. The minimum atomic E-state index is -3.69. The first-order valence-electron chi connectivity index (χ1n) is 8.10. The van der Waals surface area contributed by atoms with E-state index in [9.17, 15) is 8.42 Å². The Kier molecular flexibility index (Phi) is 4.73. The van der Waals surface area contributed by atoms with Crippen LogP contribution in [0, 0.1) is 6.92 Å². The molecule has 0 aliphatic heterocycles. The molecule has 27 heavy (non-hydrogen) atoms. The van der Waals surface area contributed by atoms with E-state index in [0.29, 0.717) is 16.4 Å². The van der Waals surface area contributed by atoms with Crippen LogP contribution >= 0.6 is 22.9 Å². The number of rotatable bonds is 5. The third kappa shape index (κ3) is 3.61. The maximum atomic E-state index is 12.6. The molecule has 0 saturated carbocycles. The second kappa shape index (κ2) is 7.05. The van der Waals surface area contributed by atoms with Crippen molar-refractivity contribution in [3.63, 3.8) is 0 Å². The van der Waals surface area contributed by atoms with E-state index in [-0.39, 0.29) is 11.4 Å². The van der Waals surface area contributed by atoms with Crippen molar-refractivity contribution in [2.75, 3.05) is 0 Å². The van der Waals surface area contributed by atoms with Gasteiger partial charge in [0.2, 0.25) is 15.0 Å². The summed E-state index contributed by atoms with van der Waals surface area (Å²) in [5, 5.41) is 5.81.